The second-order valence-electron chi connectivity index (χ2n) is 7.59. The molecule has 0 unspecified atom stereocenters. The summed E-state index contributed by atoms with van der Waals surface area (Å²) in [7, 11) is 7.72. The zero-order valence-corrected chi connectivity index (χ0v) is 22.6. The molecule has 2 aromatic carbocycles. The average Bonchev–Trinajstić information content (AvgIpc) is 2.55. The first-order valence-electron chi connectivity index (χ1n) is 9.05. The van der Waals surface area contributed by atoms with E-state index in [0.29, 0.717) is 23.3 Å². The van der Waals surface area contributed by atoms with Crippen LogP contribution < -0.4 is 34.6 Å². The molecule has 0 saturated heterocycles. The van der Waals surface area contributed by atoms with E-state index in [1.54, 1.807) is 12.1 Å². The van der Waals surface area contributed by atoms with Gasteiger partial charge in [-0.15, -0.1) is 0 Å². The molecule has 0 heterocycles. The molecular weight excluding hydrogens is 486 g/mol. The van der Waals surface area contributed by atoms with Crippen LogP contribution in [0.3, 0.4) is 0 Å². The number of rotatable bonds is 4. The van der Waals surface area contributed by atoms with Gasteiger partial charge < -0.3 is 44.8 Å². The van der Waals surface area contributed by atoms with E-state index in [-0.39, 0.29) is 51.0 Å². The van der Waals surface area contributed by atoms with Gasteiger partial charge in [0.1, 0.15) is 11.5 Å². The zero-order valence-electron chi connectivity index (χ0n) is 18.7. The van der Waals surface area contributed by atoms with Crippen molar-refractivity contribution in [1.82, 2.24) is 0 Å². The van der Waals surface area contributed by atoms with Crippen LogP contribution in [0.1, 0.15) is 50.7 Å². The van der Waals surface area contributed by atoms with Gasteiger partial charge in [0.05, 0.1) is 11.4 Å². The van der Waals surface area contributed by atoms with Crippen molar-refractivity contribution >= 4 is 11.4 Å². The Morgan fingerprint density at radius 3 is 1.10 bits per heavy atom. The van der Waals surface area contributed by atoms with Crippen molar-refractivity contribution in [3.8, 4) is 11.5 Å². The molecule has 0 aliphatic heterocycles. The molecule has 0 saturated carbocycles. The van der Waals surface area contributed by atoms with Gasteiger partial charge in [0.2, 0.25) is 0 Å². The molecule has 4 nitrogen and oxygen atoms in total. The van der Waals surface area contributed by atoms with Gasteiger partial charge in [-0.1, -0.05) is 39.8 Å². The Balaban J connectivity index is -0.000000422. The summed E-state index contributed by atoms with van der Waals surface area (Å²) in [6, 6.07) is 11.5. The second kappa shape index (κ2) is 15.0. The molecule has 0 bridgehead atoms. The topological polar surface area (TPSA) is 46.9 Å². The van der Waals surface area contributed by atoms with E-state index in [9.17, 15) is 10.2 Å². The van der Waals surface area contributed by atoms with Gasteiger partial charge in [0.15, 0.2) is 0 Å². The number of halogens is 2. The van der Waals surface area contributed by atoms with Crippen LogP contribution in [-0.4, -0.2) is 38.4 Å². The normalized spacial score (nSPS) is 9.45. The molecule has 7 heteroatoms. The molecule has 0 aliphatic rings. The Morgan fingerprint density at radius 1 is 0.621 bits per heavy atom. The van der Waals surface area contributed by atoms with Crippen molar-refractivity contribution in [3.05, 3.63) is 47.5 Å². The van der Waals surface area contributed by atoms with Gasteiger partial charge in [0, 0.05) is 28.2 Å². The van der Waals surface area contributed by atoms with Crippen LogP contribution in [0.25, 0.3) is 0 Å². The van der Waals surface area contributed by atoms with Crippen LogP contribution in [0.2, 0.25) is 0 Å². The van der Waals surface area contributed by atoms with Gasteiger partial charge in [-0.3, -0.25) is 0 Å². The molecule has 162 valence electrons. The predicted octanol–water partition coefficient (Wildman–Crippen LogP) is -0.831. The Bertz CT molecular complexity index is 662. The van der Waals surface area contributed by atoms with Crippen molar-refractivity contribution in [2.75, 3.05) is 38.0 Å². The quantitative estimate of drug-likeness (QED) is 0.553. The number of nitrogens with zero attached hydrogens (tertiary/aromatic N) is 2. The fourth-order valence-corrected chi connectivity index (χ4v) is 2.52. The summed E-state index contributed by atoms with van der Waals surface area (Å²) in [5.74, 6) is 1.68. The number of phenolic OH excluding ortho intramolecular Hbond substituents is 2. The smallest absolute Gasteiger partial charge is 1.00 e. The number of phenols is 2. The van der Waals surface area contributed by atoms with Crippen molar-refractivity contribution < 1.29 is 61.2 Å². The fourth-order valence-electron chi connectivity index (χ4n) is 2.52. The molecule has 2 rings (SSSR count). The molecule has 29 heavy (non-hydrogen) atoms. The van der Waals surface area contributed by atoms with E-state index in [2.05, 4.69) is 27.7 Å². The third-order valence-electron chi connectivity index (χ3n) is 4.30. The van der Waals surface area contributed by atoms with Crippen LogP contribution in [0.4, 0.5) is 11.4 Å². The van der Waals surface area contributed by atoms with E-state index in [4.69, 9.17) is 0 Å². The first-order chi connectivity index (χ1) is 12.0. The predicted molar refractivity (Wildman–Crippen MR) is 113 cm³/mol. The molecule has 0 aliphatic carbocycles. The molecule has 0 amide bonds. The first-order valence-corrected chi connectivity index (χ1v) is 9.05. The Hall–Kier alpha value is -0.897. The third kappa shape index (κ3) is 10.1. The van der Waals surface area contributed by atoms with Crippen LogP contribution >= 0.6 is 0 Å². The Labute approximate surface area is 208 Å². The van der Waals surface area contributed by atoms with Crippen molar-refractivity contribution in [2.45, 2.75) is 39.5 Å². The average molecular weight is 521 g/mol. The summed E-state index contributed by atoms with van der Waals surface area (Å²) in [6.45, 7) is 8.58. The van der Waals surface area contributed by atoms with Crippen LogP contribution in [0.5, 0.6) is 11.5 Å². The monoisotopic (exact) mass is 518 g/mol. The van der Waals surface area contributed by atoms with Crippen LogP contribution in [0.15, 0.2) is 36.4 Å². The molecule has 0 fully saturated rings. The Kier molecular flexibility index (Phi) is 16.9. The van der Waals surface area contributed by atoms with Crippen molar-refractivity contribution in [3.63, 3.8) is 0 Å². The zero-order chi connectivity index (χ0) is 20.0. The molecule has 2 aromatic rings. The second-order valence-corrected chi connectivity index (χ2v) is 7.59. The maximum Gasteiger partial charge on any atom is 2.00 e. The standard InChI is InChI=1S/2C11H17NO.2ClH.Zr/c2*1-8(2)9-5-6-11(13)10(7-9)12(3)4;;;/h2*5-8,13H,1-4H3;2*1H;/q;;;;+2/p-2. The summed E-state index contributed by atoms with van der Waals surface area (Å²) in [5.41, 5.74) is 4.26. The van der Waals surface area contributed by atoms with Crippen LogP contribution in [0, 0.1) is 0 Å². The molecule has 0 aromatic heterocycles. The molecular formula is C22H34Cl2N2O2Zr. The van der Waals surface area contributed by atoms with Crippen molar-refractivity contribution in [1.29, 1.82) is 0 Å². The number of anilines is 2. The van der Waals surface area contributed by atoms with Gasteiger partial charge in [0.25, 0.3) is 0 Å². The molecule has 0 radical (unpaired) electrons. The largest absolute Gasteiger partial charge is 2.00 e. The van der Waals surface area contributed by atoms with Crippen molar-refractivity contribution in [2.24, 2.45) is 0 Å². The first kappa shape index (κ1) is 32.8. The van der Waals surface area contributed by atoms with Gasteiger partial charge in [-0.2, -0.15) is 0 Å². The van der Waals surface area contributed by atoms with E-state index in [1.807, 2.05) is 62.3 Å². The summed E-state index contributed by atoms with van der Waals surface area (Å²) >= 11 is 0. The summed E-state index contributed by atoms with van der Waals surface area (Å²) in [4.78, 5) is 3.84. The molecule has 0 atom stereocenters. The van der Waals surface area contributed by atoms with E-state index >= 15 is 0 Å². The minimum absolute atomic E-state index is 0. The molecule has 2 N–H and O–H groups in total. The summed E-state index contributed by atoms with van der Waals surface area (Å²) < 4.78 is 0. The third-order valence-corrected chi connectivity index (χ3v) is 4.30. The van der Waals surface area contributed by atoms with E-state index < -0.39 is 0 Å². The number of aromatic hydroxyl groups is 2. The van der Waals surface area contributed by atoms with Gasteiger partial charge >= 0.3 is 26.2 Å². The van der Waals surface area contributed by atoms with Gasteiger partial charge in [-0.05, 0) is 47.2 Å². The number of benzene rings is 2. The van der Waals surface area contributed by atoms with Gasteiger partial charge in [-0.25, -0.2) is 0 Å². The number of hydrogen-bond acceptors (Lipinski definition) is 4. The maximum atomic E-state index is 9.55. The Morgan fingerprint density at radius 2 is 0.897 bits per heavy atom. The van der Waals surface area contributed by atoms with E-state index in [1.165, 1.54) is 11.1 Å². The van der Waals surface area contributed by atoms with E-state index in [0.717, 1.165) is 11.4 Å². The fraction of sp³-hybridized carbons (Fsp3) is 0.455. The summed E-state index contributed by atoms with van der Waals surface area (Å²) in [5, 5.41) is 19.1. The minimum atomic E-state index is 0. The maximum absolute atomic E-state index is 9.55. The molecule has 0 spiro atoms. The van der Waals surface area contributed by atoms with Crippen LogP contribution in [-0.2, 0) is 26.2 Å². The SMILES string of the molecule is CC(C)c1ccc(O)c(N(C)C)c1.CC(C)c1ccc(O)c(N(C)C)c1.[Cl-].[Cl-].[Zr+2]. The number of hydrogen-bond donors (Lipinski definition) is 2. The summed E-state index contributed by atoms with van der Waals surface area (Å²) in [6.07, 6.45) is 0. The minimum Gasteiger partial charge on any atom is -1.00 e.